The summed E-state index contributed by atoms with van der Waals surface area (Å²) < 4.78 is 0. The third-order valence-electron chi connectivity index (χ3n) is 3.17. The van der Waals surface area contributed by atoms with Crippen LogP contribution in [0.4, 0.5) is 16.2 Å². The molecule has 0 bridgehead atoms. The largest absolute Gasteiger partial charge is 0.396 e. The van der Waals surface area contributed by atoms with Crippen LogP contribution in [-0.4, -0.2) is 49.8 Å². The van der Waals surface area contributed by atoms with Gasteiger partial charge in [-0.05, 0) is 36.1 Å². The number of urea groups is 1. The molecule has 0 aliphatic rings. The maximum absolute atomic E-state index is 12.4. The zero-order valence-electron chi connectivity index (χ0n) is 14.4. The van der Waals surface area contributed by atoms with E-state index in [1.165, 1.54) is 0 Å². The van der Waals surface area contributed by atoms with Crippen molar-refractivity contribution in [3.8, 4) is 0 Å². The molecule has 22 heavy (non-hydrogen) atoms. The number of hydrogen-bond donors (Lipinski definition) is 2. The van der Waals surface area contributed by atoms with Crippen molar-refractivity contribution in [1.29, 1.82) is 0 Å². The molecule has 2 amide bonds. The van der Waals surface area contributed by atoms with Gasteiger partial charge in [0.25, 0.3) is 0 Å². The minimum absolute atomic E-state index is 0.0155. The van der Waals surface area contributed by atoms with Crippen LogP contribution in [0.15, 0.2) is 24.3 Å². The fraction of sp³-hybridized carbons (Fsp3) is 0.588. The second-order valence-corrected chi connectivity index (χ2v) is 6.93. The number of carbonyl (C=O) groups excluding carboxylic acids is 1. The molecule has 1 aromatic carbocycles. The van der Waals surface area contributed by atoms with Gasteiger partial charge in [0.15, 0.2) is 0 Å². The zero-order valence-corrected chi connectivity index (χ0v) is 14.4. The lowest BCUT2D eigenvalue weighted by Gasteiger charge is -2.30. The molecule has 0 saturated carbocycles. The van der Waals surface area contributed by atoms with Crippen molar-refractivity contribution < 1.29 is 9.90 Å². The predicted octanol–water partition coefficient (Wildman–Crippen LogP) is 3.02. The molecular weight excluding hydrogens is 278 g/mol. The summed E-state index contributed by atoms with van der Waals surface area (Å²) in [5.74, 6) is 0. The Balaban J connectivity index is 2.72. The zero-order chi connectivity index (χ0) is 16.8. The molecule has 1 aromatic rings. The van der Waals surface area contributed by atoms with Gasteiger partial charge in [-0.15, -0.1) is 0 Å². The third kappa shape index (κ3) is 6.35. The van der Waals surface area contributed by atoms with E-state index in [0.717, 1.165) is 11.4 Å². The molecule has 124 valence electrons. The Morgan fingerprint density at radius 3 is 2.23 bits per heavy atom. The number of nitrogens with one attached hydrogen (secondary N) is 1. The van der Waals surface area contributed by atoms with Crippen molar-refractivity contribution in [3.05, 3.63) is 24.3 Å². The van der Waals surface area contributed by atoms with Crippen LogP contribution >= 0.6 is 0 Å². The van der Waals surface area contributed by atoms with E-state index >= 15 is 0 Å². The second-order valence-electron chi connectivity index (χ2n) is 6.93. The van der Waals surface area contributed by atoms with Gasteiger partial charge in [-0.1, -0.05) is 20.8 Å². The summed E-state index contributed by atoms with van der Waals surface area (Å²) in [5.41, 5.74) is 1.88. The SMILES string of the molecule is CN(C)c1ccc(NC(=O)N(CCCO)CC(C)(C)C)cc1. The average molecular weight is 307 g/mol. The summed E-state index contributed by atoms with van der Waals surface area (Å²) in [6.07, 6.45) is 0.586. The first kappa shape index (κ1) is 18.3. The number of benzene rings is 1. The first-order valence-corrected chi connectivity index (χ1v) is 7.67. The molecule has 0 aliphatic heterocycles. The van der Waals surface area contributed by atoms with Gasteiger partial charge in [0.05, 0.1) is 0 Å². The van der Waals surface area contributed by atoms with Gasteiger partial charge < -0.3 is 20.2 Å². The Morgan fingerprint density at radius 1 is 1.18 bits per heavy atom. The van der Waals surface area contributed by atoms with Crippen LogP contribution in [-0.2, 0) is 0 Å². The number of hydrogen-bond acceptors (Lipinski definition) is 3. The van der Waals surface area contributed by atoms with Crippen molar-refractivity contribution in [3.63, 3.8) is 0 Å². The molecule has 0 saturated heterocycles. The predicted molar refractivity (Wildman–Crippen MR) is 92.5 cm³/mol. The highest BCUT2D eigenvalue weighted by atomic mass is 16.3. The highest BCUT2D eigenvalue weighted by Gasteiger charge is 2.20. The van der Waals surface area contributed by atoms with Crippen molar-refractivity contribution >= 4 is 17.4 Å². The number of aliphatic hydroxyl groups is 1. The molecule has 2 N–H and O–H groups in total. The molecule has 0 heterocycles. The molecule has 0 aliphatic carbocycles. The van der Waals surface area contributed by atoms with Crippen LogP contribution in [0.5, 0.6) is 0 Å². The van der Waals surface area contributed by atoms with Crippen LogP contribution in [0, 0.1) is 5.41 Å². The lowest BCUT2D eigenvalue weighted by Crippen LogP contribution is -2.41. The second kappa shape index (κ2) is 8.03. The first-order valence-electron chi connectivity index (χ1n) is 7.67. The monoisotopic (exact) mass is 307 g/mol. The number of anilines is 2. The maximum atomic E-state index is 12.4. The van der Waals surface area contributed by atoms with Crippen LogP contribution in [0.25, 0.3) is 0 Å². The molecule has 1 rings (SSSR count). The van der Waals surface area contributed by atoms with Crippen LogP contribution in [0.2, 0.25) is 0 Å². The van der Waals surface area contributed by atoms with E-state index in [-0.39, 0.29) is 18.1 Å². The Morgan fingerprint density at radius 2 is 1.77 bits per heavy atom. The Labute approximate surface area is 133 Å². The molecule has 0 radical (unpaired) electrons. The molecule has 5 nitrogen and oxygen atoms in total. The fourth-order valence-corrected chi connectivity index (χ4v) is 2.13. The van der Waals surface area contributed by atoms with Gasteiger partial charge >= 0.3 is 6.03 Å². The number of carbonyl (C=O) groups is 1. The van der Waals surface area contributed by atoms with E-state index in [0.29, 0.717) is 19.5 Å². The van der Waals surface area contributed by atoms with E-state index in [1.54, 1.807) is 4.90 Å². The van der Waals surface area contributed by atoms with Gasteiger partial charge in [-0.2, -0.15) is 0 Å². The smallest absolute Gasteiger partial charge is 0.321 e. The van der Waals surface area contributed by atoms with E-state index in [1.807, 2.05) is 43.3 Å². The van der Waals surface area contributed by atoms with Crippen molar-refractivity contribution in [1.82, 2.24) is 4.90 Å². The lowest BCUT2D eigenvalue weighted by molar-refractivity contribution is 0.176. The molecule has 0 atom stereocenters. The molecule has 0 aromatic heterocycles. The molecule has 0 fully saturated rings. The van der Waals surface area contributed by atoms with Crippen LogP contribution in [0.3, 0.4) is 0 Å². The lowest BCUT2D eigenvalue weighted by atomic mass is 9.96. The van der Waals surface area contributed by atoms with Gasteiger partial charge in [-0.25, -0.2) is 4.79 Å². The van der Waals surface area contributed by atoms with Gasteiger partial charge in [-0.3, -0.25) is 0 Å². The normalized spacial score (nSPS) is 11.2. The molecule has 0 unspecified atom stereocenters. The van der Waals surface area contributed by atoms with Gasteiger partial charge in [0, 0.05) is 45.2 Å². The summed E-state index contributed by atoms with van der Waals surface area (Å²) >= 11 is 0. The quantitative estimate of drug-likeness (QED) is 0.849. The minimum Gasteiger partial charge on any atom is -0.396 e. The Kier molecular flexibility index (Phi) is 6.68. The maximum Gasteiger partial charge on any atom is 0.321 e. The summed E-state index contributed by atoms with van der Waals surface area (Å²) in [6, 6.07) is 7.61. The van der Waals surface area contributed by atoms with Crippen molar-refractivity contribution in [2.24, 2.45) is 5.41 Å². The number of amides is 2. The summed E-state index contributed by atoms with van der Waals surface area (Å²) in [4.78, 5) is 16.2. The Hall–Kier alpha value is -1.75. The van der Waals surface area contributed by atoms with Crippen molar-refractivity contribution in [2.45, 2.75) is 27.2 Å². The van der Waals surface area contributed by atoms with Gasteiger partial charge in [0.2, 0.25) is 0 Å². The third-order valence-corrected chi connectivity index (χ3v) is 3.17. The average Bonchev–Trinajstić information content (AvgIpc) is 2.42. The molecule has 0 spiro atoms. The van der Waals surface area contributed by atoms with E-state index in [4.69, 9.17) is 5.11 Å². The van der Waals surface area contributed by atoms with Crippen LogP contribution in [0.1, 0.15) is 27.2 Å². The Bertz CT molecular complexity index is 464. The van der Waals surface area contributed by atoms with Gasteiger partial charge in [0.1, 0.15) is 0 Å². The highest BCUT2D eigenvalue weighted by molar-refractivity contribution is 5.89. The van der Waals surface area contributed by atoms with E-state index < -0.39 is 0 Å². The summed E-state index contributed by atoms with van der Waals surface area (Å²) in [5, 5.41) is 11.9. The molecule has 5 heteroatoms. The number of aliphatic hydroxyl groups excluding tert-OH is 1. The first-order chi connectivity index (χ1) is 10.2. The van der Waals surface area contributed by atoms with E-state index in [2.05, 4.69) is 26.1 Å². The highest BCUT2D eigenvalue weighted by Crippen LogP contribution is 2.18. The minimum atomic E-state index is -0.124. The fourth-order valence-electron chi connectivity index (χ4n) is 2.13. The topological polar surface area (TPSA) is 55.8 Å². The van der Waals surface area contributed by atoms with Crippen molar-refractivity contribution in [2.75, 3.05) is 44.0 Å². The molecular formula is C17H29N3O2. The van der Waals surface area contributed by atoms with Crippen LogP contribution < -0.4 is 10.2 Å². The number of nitrogens with zero attached hydrogens (tertiary/aromatic N) is 2. The van der Waals surface area contributed by atoms with E-state index in [9.17, 15) is 4.79 Å². The number of rotatable bonds is 6. The summed E-state index contributed by atoms with van der Waals surface area (Å²) in [7, 11) is 3.96. The summed E-state index contributed by atoms with van der Waals surface area (Å²) in [6.45, 7) is 7.57. The standard InChI is InChI=1S/C17H29N3O2/c1-17(2,3)13-20(11-6-12-21)16(22)18-14-7-9-15(10-8-14)19(4)5/h7-10,21H,6,11-13H2,1-5H3,(H,18,22).